The summed E-state index contributed by atoms with van der Waals surface area (Å²) in [6.07, 6.45) is 8.82. The molecule has 28 heavy (non-hydrogen) atoms. The minimum Gasteiger partial charge on any atom is -0.355 e. The standard InChI is InChI=1S/C21H33N5O2/c1-14-17(15(2)24-20-19(14)21(28)25-26(20)3)10-11-18(27)23-13-12-22-16-8-6-4-5-7-9-16/h16,22H,4-13H2,1-3H3,(H,23,27)(H,25,28). The predicted octanol–water partition coefficient (Wildman–Crippen LogP) is 2.24. The Labute approximate surface area is 166 Å². The molecule has 2 aromatic rings. The van der Waals surface area contributed by atoms with Gasteiger partial charge in [-0.25, -0.2) is 4.98 Å². The van der Waals surface area contributed by atoms with Crippen LogP contribution in [0.3, 0.4) is 0 Å². The van der Waals surface area contributed by atoms with Crippen molar-refractivity contribution in [2.75, 3.05) is 13.1 Å². The van der Waals surface area contributed by atoms with Crippen molar-refractivity contribution in [3.8, 4) is 0 Å². The molecule has 0 aliphatic heterocycles. The van der Waals surface area contributed by atoms with Crippen LogP contribution in [0.25, 0.3) is 11.0 Å². The number of carbonyl (C=O) groups is 1. The number of aryl methyl sites for hydroxylation is 3. The predicted molar refractivity (Wildman–Crippen MR) is 112 cm³/mol. The average molecular weight is 388 g/mol. The van der Waals surface area contributed by atoms with E-state index in [1.54, 1.807) is 11.7 Å². The molecule has 7 heteroatoms. The highest BCUT2D eigenvalue weighted by Crippen LogP contribution is 2.21. The number of carbonyl (C=O) groups excluding carboxylic acids is 1. The van der Waals surface area contributed by atoms with Gasteiger partial charge >= 0.3 is 0 Å². The van der Waals surface area contributed by atoms with Crippen molar-refractivity contribution < 1.29 is 4.79 Å². The minimum atomic E-state index is -0.127. The maximum atomic E-state index is 12.2. The molecule has 0 spiro atoms. The lowest BCUT2D eigenvalue weighted by Crippen LogP contribution is -2.37. The molecule has 0 radical (unpaired) electrons. The normalized spacial score (nSPS) is 15.7. The van der Waals surface area contributed by atoms with Crippen molar-refractivity contribution in [3.63, 3.8) is 0 Å². The molecule has 3 rings (SSSR count). The van der Waals surface area contributed by atoms with E-state index in [9.17, 15) is 9.59 Å². The summed E-state index contributed by atoms with van der Waals surface area (Å²) < 4.78 is 1.65. The van der Waals surface area contributed by atoms with Crippen molar-refractivity contribution in [2.24, 2.45) is 7.05 Å². The zero-order valence-electron chi connectivity index (χ0n) is 17.4. The number of fused-ring (bicyclic) bond motifs is 1. The molecule has 0 bridgehead atoms. The zero-order valence-corrected chi connectivity index (χ0v) is 17.4. The number of nitrogens with zero attached hydrogens (tertiary/aromatic N) is 2. The SMILES string of the molecule is Cc1nc2c(c(C)c1CCC(=O)NCCNC1CCCCCC1)c(=O)[nH]n2C. The summed E-state index contributed by atoms with van der Waals surface area (Å²) in [6.45, 7) is 5.36. The third-order valence-corrected chi connectivity index (χ3v) is 5.91. The second-order valence-corrected chi connectivity index (χ2v) is 7.99. The van der Waals surface area contributed by atoms with Crippen molar-refractivity contribution in [1.29, 1.82) is 0 Å². The van der Waals surface area contributed by atoms with Crippen LogP contribution in [0.2, 0.25) is 0 Å². The number of hydrogen-bond donors (Lipinski definition) is 3. The van der Waals surface area contributed by atoms with Gasteiger partial charge < -0.3 is 10.6 Å². The number of hydrogen-bond acceptors (Lipinski definition) is 4. The Kier molecular flexibility index (Phi) is 6.88. The molecule has 0 atom stereocenters. The van der Waals surface area contributed by atoms with Gasteiger partial charge in [-0.05, 0) is 44.2 Å². The number of aromatic amines is 1. The molecule has 0 saturated heterocycles. The topological polar surface area (TPSA) is 91.8 Å². The molecule has 0 unspecified atom stereocenters. The Balaban J connectivity index is 1.49. The molecule has 1 aliphatic rings. The lowest BCUT2D eigenvalue weighted by atomic mass is 10.0. The molecule has 0 aromatic carbocycles. The summed E-state index contributed by atoms with van der Waals surface area (Å²) in [5.41, 5.74) is 3.33. The Morgan fingerprint density at radius 3 is 2.61 bits per heavy atom. The van der Waals surface area contributed by atoms with Gasteiger partial charge in [-0.15, -0.1) is 0 Å². The lowest BCUT2D eigenvalue weighted by molar-refractivity contribution is -0.121. The molecule has 2 heterocycles. The van der Waals surface area contributed by atoms with Crippen molar-refractivity contribution >= 4 is 16.9 Å². The number of pyridine rings is 1. The number of H-pyrrole nitrogens is 1. The molecule has 2 aromatic heterocycles. The van der Waals surface area contributed by atoms with Gasteiger partial charge in [0.2, 0.25) is 5.91 Å². The van der Waals surface area contributed by atoms with Crippen LogP contribution in [0.15, 0.2) is 4.79 Å². The molecular formula is C21H33N5O2. The summed E-state index contributed by atoms with van der Waals surface area (Å²) >= 11 is 0. The highest BCUT2D eigenvalue weighted by Gasteiger charge is 2.16. The fourth-order valence-corrected chi connectivity index (χ4v) is 4.30. The first kappa shape index (κ1) is 20.6. The molecular weight excluding hydrogens is 354 g/mol. The molecule has 1 fully saturated rings. The van der Waals surface area contributed by atoms with Gasteiger partial charge in [-0.3, -0.25) is 19.4 Å². The van der Waals surface area contributed by atoms with Gasteiger partial charge in [0.1, 0.15) is 0 Å². The van der Waals surface area contributed by atoms with Crippen LogP contribution in [0.5, 0.6) is 0 Å². The van der Waals surface area contributed by atoms with Crippen LogP contribution in [-0.4, -0.2) is 39.8 Å². The van der Waals surface area contributed by atoms with Gasteiger partial charge in [-0.1, -0.05) is 25.7 Å². The van der Waals surface area contributed by atoms with Gasteiger partial charge in [0.15, 0.2) is 5.65 Å². The summed E-state index contributed by atoms with van der Waals surface area (Å²) in [5.74, 6) is 0.0449. The number of rotatable bonds is 7. The fraction of sp³-hybridized carbons (Fsp3) is 0.667. The molecule has 1 amide bonds. The van der Waals surface area contributed by atoms with Crippen molar-refractivity contribution in [2.45, 2.75) is 71.3 Å². The Morgan fingerprint density at radius 2 is 1.89 bits per heavy atom. The molecule has 3 N–H and O–H groups in total. The Morgan fingerprint density at radius 1 is 1.18 bits per heavy atom. The van der Waals surface area contributed by atoms with Gasteiger partial charge in [0.25, 0.3) is 5.56 Å². The average Bonchev–Trinajstić information content (AvgIpc) is 2.83. The van der Waals surface area contributed by atoms with E-state index in [2.05, 4.69) is 20.7 Å². The molecule has 1 saturated carbocycles. The summed E-state index contributed by atoms with van der Waals surface area (Å²) in [4.78, 5) is 29.0. The zero-order chi connectivity index (χ0) is 20.1. The van der Waals surface area contributed by atoms with Gasteiger partial charge in [-0.2, -0.15) is 0 Å². The number of amides is 1. The van der Waals surface area contributed by atoms with Crippen LogP contribution < -0.4 is 16.2 Å². The number of aromatic nitrogens is 3. The third-order valence-electron chi connectivity index (χ3n) is 5.91. The summed E-state index contributed by atoms with van der Waals surface area (Å²) in [5, 5.41) is 9.95. The fourth-order valence-electron chi connectivity index (χ4n) is 4.30. The maximum Gasteiger partial charge on any atom is 0.273 e. The van der Waals surface area contributed by atoms with E-state index in [4.69, 9.17) is 0 Å². The summed E-state index contributed by atoms with van der Waals surface area (Å²) in [6, 6.07) is 0.603. The van der Waals surface area contributed by atoms with E-state index in [0.29, 0.717) is 36.5 Å². The van der Waals surface area contributed by atoms with Crippen LogP contribution in [0.1, 0.15) is 61.8 Å². The third kappa shape index (κ3) is 4.82. The van der Waals surface area contributed by atoms with E-state index in [0.717, 1.165) is 23.4 Å². The minimum absolute atomic E-state index is 0.0449. The van der Waals surface area contributed by atoms with E-state index < -0.39 is 0 Å². The monoisotopic (exact) mass is 387 g/mol. The van der Waals surface area contributed by atoms with Crippen LogP contribution >= 0.6 is 0 Å². The Hall–Kier alpha value is -2.15. The smallest absolute Gasteiger partial charge is 0.273 e. The highest BCUT2D eigenvalue weighted by atomic mass is 16.1. The van der Waals surface area contributed by atoms with Crippen molar-refractivity contribution in [1.82, 2.24) is 25.4 Å². The quantitative estimate of drug-likeness (QED) is 0.502. The number of nitrogens with one attached hydrogen (secondary N) is 3. The first-order valence-corrected chi connectivity index (χ1v) is 10.5. The molecule has 154 valence electrons. The second-order valence-electron chi connectivity index (χ2n) is 7.99. The van der Waals surface area contributed by atoms with Crippen LogP contribution in [0, 0.1) is 13.8 Å². The van der Waals surface area contributed by atoms with E-state index >= 15 is 0 Å². The Bertz CT molecular complexity index is 875. The van der Waals surface area contributed by atoms with Crippen LogP contribution in [0.4, 0.5) is 0 Å². The van der Waals surface area contributed by atoms with E-state index in [1.165, 1.54) is 38.5 Å². The van der Waals surface area contributed by atoms with Gasteiger partial charge in [0, 0.05) is 38.3 Å². The second kappa shape index (κ2) is 9.37. The highest BCUT2D eigenvalue weighted by molar-refractivity contribution is 5.81. The van der Waals surface area contributed by atoms with E-state index in [1.807, 2.05) is 13.8 Å². The first-order chi connectivity index (χ1) is 13.5. The van der Waals surface area contributed by atoms with Gasteiger partial charge in [0.05, 0.1) is 5.39 Å². The van der Waals surface area contributed by atoms with E-state index in [-0.39, 0.29) is 11.5 Å². The maximum absolute atomic E-state index is 12.2. The molecule has 7 nitrogen and oxygen atoms in total. The molecule has 1 aliphatic carbocycles. The van der Waals surface area contributed by atoms with Crippen LogP contribution in [-0.2, 0) is 18.3 Å². The lowest BCUT2D eigenvalue weighted by Gasteiger charge is -2.16. The van der Waals surface area contributed by atoms with Crippen molar-refractivity contribution in [3.05, 3.63) is 27.2 Å². The largest absolute Gasteiger partial charge is 0.355 e. The first-order valence-electron chi connectivity index (χ1n) is 10.5. The summed E-state index contributed by atoms with van der Waals surface area (Å²) in [7, 11) is 1.78.